The lowest BCUT2D eigenvalue weighted by atomic mass is 9.94. The Morgan fingerprint density at radius 2 is 1.80 bits per heavy atom. The van der Waals surface area contributed by atoms with E-state index in [-0.39, 0.29) is 5.91 Å². The molecule has 8 nitrogen and oxygen atoms in total. The summed E-state index contributed by atoms with van der Waals surface area (Å²) in [7, 11) is 0. The number of fused-ring (bicyclic) bond motifs is 1. The summed E-state index contributed by atoms with van der Waals surface area (Å²) >= 11 is 0. The van der Waals surface area contributed by atoms with E-state index in [1.165, 1.54) is 5.56 Å². The van der Waals surface area contributed by atoms with E-state index >= 15 is 0 Å². The Morgan fingerprint density at radius 3 is 2.60 bits per heavy atom. The highest BCUT2D eigenvalue weighted by Crippen LogP contribution is 2.36. The first-order valence-electron chi connectivity index (χ1n) is 11.4. The molecule has 0 spiro atoms. The number of ether oxygens (including phenoxy) is 1. The lowest BCUT2D eigenvalue weighted by Gasteiger charge is -2.28. The zero-order chi connectivity index (χ0) is 24.4. The molecule has 1 atom stereocenters. The Bertz CT molecular complexity index is 1410. The number of nitrogens with one attached hydrogen (secondary N) is 2. The second-order valence-electron chi connectivity index (χ2n) is 8.68. The maximum Gasteiger partial charge on any atom is 0.255 e. The standard InChI is InChI=1S/C27H26N6O2/c1-17-10-12-20(13-11-17)16-35-23-9-5-7-21(15-23)25-24(19(3)28-27-30-31-32-33(25)27)26(34)29-22-8-4-6-18(2)14-22/h4-15,25H,16H2,1-3H3,(H,29,34)(H,28,30,32). The summed E-state index contributed by atoms with van der Waals surface area (Å²) in [6, 6.07) is 23.1. The predicted octanol–water partition coefficient (Wildman–Crippen LogP) is 4.80. The molecule has 35 heavy (non-hydrogen) atoms. The SMILES string of the molecule is CC1=C(C(=O)Nc2cccc(C)c2)C(c2cccc(OCc3ccc(C)cc3)c2)n2nnnc2N1. The number of hydrogen-bond acceptors (Lipinski definition) is 6. The highest BCUT2D eigenvalue weighted by Gasteiger charge is 2.34. The molecule has 1 aliphatic heterocycles. The lowest BCUT2D eigenvalue weighted by molar-refractivity contribution is -0.113. The summed E-state index contributed by atoms with van der Waals surface area (Å²) in [6.07, 6.45) is 0. The molecular formula is C27H26N6O2. The largest absolute Gasteiger partial charge is 0.489 e. The molecule has 4 aromatic rings. The van der Waals surface area contributed by atoms with Crippen LogP contribution in [0.4, 0.5) is 11.6 Å². The molecule has 0 fully saturated rings. The van der Waals surface area contributed by atoms with Crippen LogP contribution < -0.4 is 15.4 Å². The molecule has 1 unspecified atom stereocenters. The number of rotatable bonds is 6. The molecule has 176 valence electrons. The van der Waals surface area contributed by atoms with Crippen molar-refractivity contribution in [2.75, 3.05) is 10.6 Å². The van der Waals surface area contributed by atoms with Crippen molar-refractivity contribution in [1.29, 1.82) is 0 Å². The molecule has 0 bridgehead atoms. The molecule has 1 aromatic heterocycles. The number of tetrazole rings is 1. The number of anilines is 2. The first-order chi connectivity index (χ1) is 17.0. The second-order valence-corrected chi connectivity index (χ2v) is 8.68. The topological polar surface area (TPSA) is 94.0 Å². The smallest absolute Gasteiger partial charge is 0.255 e. The summed E-state index contributed by atoms with van der Waals surface area (Å²) in [4.78, 5) is 13.5. The number of nitrogens with zero attached hydrogens (tertiary/aromatic N) is 4. The van der Waals surface area contributed by atoms with Crippen molar-refractivity contribution in [3.63, 3.8) is 0 Å². The number of aromatic nitrogens is 4. The van der Waals surface area contributed by atoms with Crippen molar-refractivity contribution in [2.24, 2.45) is 0 Å². The van der Waals surface area contributed by atoms with Gasteiger partial charge in [-0.1, -0.05) is 59.2 Å². The van der Waals surface area contributed by atoms with Crippen LogP contribution in [0.25, 0.3) is 0 Å². The van der Waals surface area contributed by atoms with E-state index in [2.05, 4.69) is 57.3 Å². The monoisotopic (exact) mass is 466 g/mol. The fourth-order valence-corrected chi connectivity index (χ4v) is 4.16. The molecule has 0 saturated carbocycles. The van der Waals surface area contributed by atoms with E-state index in [0.717, 1.165) is 22.4 Å². The third kappa shape index (κ3) is 4.77. The Kier molecular flexibility index (Phi) is 6.01. The van der Waals surface area contributed by atoms with Gasteiger partial charge in [0.15, 0.2) is 0 Å². The molecular weight excluding hydrogens is 440 g/mol. The van der Waals surface area contributed by atoms with E-state index in [0.29, 0.717) is 29.6 Å². The highest BCUT2D eigenvalue weighted by molar-refractivity contribution is 6.06. The summed E-state index contributed by atoms with van der Waals surface area (Å²) in [6.45, 7) is 6.35. The number of allylic oxidation sites excluding steroid dienone is 1. The summed E-state index contributed by atoms with van der Waals surface area (Å²) in [5, 5.41) is 18.2. The van der Waals surface area contributed by atoms with Gasteiger partial charge in [0.25, 0.3) is 5.91 Å². The normalized spacial score (nSPS) is 14.8. The highest BCUT2D eigenvalue weighted by atomic mass is 16.5. The van der Waals surface area contributed by atoms with Gasteiger partial charge in [-0.15, -0.1) is 0 Å². The van der Waals surface area contributed by atoms with Crippen molar-refractivity contribution in [1.82, 2.24) is 20.2 Å². The number of carbonyl (C=O) groups is 1. The van der Waals surface area contributed by atoms with Gasteiger partial charge in [0.1, 0.15) is 18.4 Å². The maximum atomic E-state index is 13.5. The Morgan fingerprint density at radius 1 is 1.00 bits per heavy atom. The first kappa shape index (κ1) is 22.3. The number of carbonyl (C=O) groups excluding carboxylic acids is 1. The van der Waals surface area contributed by atoms with Crippen molar-refractivity contribution < 1.29 is 9.53 Å². The number of aryl methyl sites for hydroxylation is 2. The first-order valence-corrected chi connectivity index (χ1v) is 11.4. The minimum atomic E-state index is -0.519. The quantitative estimate of drug-likeness (QED) is 0.424. The molecule has 1 aliphatic rings. The van der Waals surface area contributed by atoms with Crippen molar-refractivity contribution in [3.8, 4) is 5.75 Å². The van der Waals surface area contributed by atoms with Gasteiger partial charge in [-0.05, 0) is 72.2 Å². The van der Waals surface area contributed by atoms with E-state index < -0.39 is 6.04 Å². The van der Waals surface area contributed by atoms with Gasteiger partial charge in [0.05, 0.1) is 5.57 Å². The average Bonchev–Trinajstić information content (AvgIpc) is 3.31. The van der Waals surface area contributed by atoms with Crippen LogP contribution in [-0.4, -0.2) is 26.1 Å². The molecule has 1 amide bonds. The molecule has 0 saturated heterocycles. The van der Waals surface area contributed by atoms with Gasteiger partial charge in [-0.2, -0.15) is 4.68 Å². The van der Waals surface area contributed by atoms with Gasteiger partial charge < -0.3 is 15.4 Å². The zero-order valence-corrected chi connectivity index (χ0v) is 19.8. The molecule has 0 radical (unpaired) electrons. The second kappa shape index (κ2) is 9.42. The van der Waals surface area contributed by atoms with Gasteiger partial charge in [0.2, 0.25) is 5.95 Å². The van der Waals surface area contributed by atoms with E-state index in [4.69, 9.17) is 4.74 Å². The van der Waals surface area contributed by atoms with Crippen LogP contribution in [0.3, 0.4) is 0 Å². The van der Waals surface area contributed by atoms with Gasteiger partial charge >= 0.3 is 0 Å². The van der Waals surface area contributed by atoms with E-state index in [9.17, 15) is 4.79 Å². The average molecular weight is 467 g/mol. The van der Waals surface area contributed by atoms with Crippen LogP contribution in [0.2, 0.25) is 0 Å². The van der Waals surface area contributed by atoms with Crippen LogP contribution in [0.15, 0.2) is 84.1 Å². The van der Waals surface area contributed by atoms with Crippen LogP contribution in [-0.2, 0) is 11.4 Å². The number of amides is 1. The van der Waals surface area contributed by atoms with Crippen molar-refractivity contribution >= 4 is 17.5 Å². The third-order valence-electron chi connectivity index (χ3n) is 5.93. The maximum absolute atomic E-state index is 13.5. The summed E-state index contributed by atoms with van der Waals surface area (Å²) in [5.74, 6) is 0.954. The fraction of sp³-hybridized carbons (Fsp3) is 0.185. The van der Waals surface area contributed by atoms with E-state index in [1.807, 2.05) is 62.4 Å². The van der Waals surface area contributed by atoms with Crippen molar-refractivity contribution in [2.45, 2.75) is 33.4 Å². The number of benzene rings is 3. The lowest BCUT2D eigenvalue weighted by Crippen LogP contribution is -2.31. The van der Waals surface area contributed by atoms with Gasteiger partial charge in [-0.25, -0.2) is 0 Å². The summed E-state index contributed by atoms with van der Waals surface area (Å²) in [5.41, 5.74) is 6.14. The van der Waals surface area contributed by atoms with Gasteiger partial charge in [0, 0.05) is 11.4 Å². The van der Waals surface area contributed by atoms with Crippen molar-refractivity contribution in [3.05, 3.63) is 106 Å². The van der Waals surface area contributed by atoms with E-state index in [1.54, 1.807) is 4.68 Å². The Balaban J connectivity index is 1.45. The molecule has 3 aromatic carbocycles. The Labute approximate surface area is 203 Å². The zero-order valence-electron chi connectivity index (χ0n) is 19.8. The predicted molar refractivity (Wildman–Crippen MR) is 134 cm³/mol. The molecule has 5 rings (SSSR count). The molecule has 2 N–H and O–H groups in total. The van der Waals surface area contributed by atoms with Crippen LogP contribution in [0.1, 0.15) is 35.2 Å². The number of hydrogen-bond donors (Lipinski definition) is 2. The minimum absolute atomic E-state index is 0.224. The summed E-state index contributed by atoms with van der Waals surface area (Å²) < 4.78 is 7.69. The van der Waals surface area contributed by atoms with Crippen LogP contribution in [0, 0.1) is 13.8 Å². The van der Waals surface area contributed by atoms with Crippen LogP contribution >= 0.6 is 0 Å². The fourth-order valence-electron chi connectivity index (χ4n) is 4.16. The van der Waals surface area contributed by atoms with Crippen LogP contribution in [0.5, 0.6) is 5.75 Å². The third-order valence-corrected chi connectivity index (χ3v) is 5.93. The molecule has 8 heteroatoms. The molecule has 0 aliphatic carbocycles. The minimum Gasteiger partial charge on any atom is -0.489 e. The molecule has 2 heterocycles. The Hall–Kier alpha value is -4.46. The van der Waals surface area contributed by atoms with Gasteiger partial charge in [-0.3, -0.25) is 4.79 Å².